The van der Waals surface area contributed by atoms with Gasteiger partial charge in [-0.1, -0.05) is 23.4 Å². The molecule has 124 valence electrons. The molecule has 0 heterocycles. The minimum atomic E-state index is 0.204. The van der Waals surface area contributed by atoms with E-state index in [-0.39, 0.29) is 6.61 Å². The lowest BCUT2D eigenvalue weighted by Gasteiger charge is -2.11. The van der Waals surface area contributed by atoms with Crippen molar-refractivity contribution < 1.29 is 19.0 Å². The zero-order valence-electron chi connectivity index (χ0n) is 13.8. The lowest BCUT2D eigenvalue weighted by atomic mass is 10.1. The second-order valence-electron chi connectivity index (χ2n) is 4.73. The van der Waals surface area contributed by atoms with Gasteiger partial charge in [0.2, 0.25) is 0 Å². The first-order valence-electron chi connectivity index (χ1n) is 7.16. The highest BCUT2D eigenvalue weighted by atomic mass is 16.6. The highest BCUT2D eigenvalue weighted by Gasteiger charge is 2.10. The van der Waals surface area contributed by atoms with Gasteiger partial charge in [-0.15, -0.1) is 0 Å². The number of benzene rings is 2. The molecule has 2 aromatic rings. The molecule has 0 radical (unpaired) electrons. The van der Waals surface area contributed by atoms with Crippen LogP contribution in [-0.4, -0.2) is 27.5 Å². The minimum absolute atomic E-state index is 0.204. The Hall–Kier alpha value is -3.20. The van der Waals surface area contributed by atoms with Crippen LogP contribution in [0.4, 0.5) is 0 Å². The molecular formula is C18H18N2O4. The van der Waals surface area contributed by atoms with Crippen LogP contribution >= 0.6 is 0 Å². The van der Waals surface area contributed by atoms with E-state index in [0.29, 0.717) is 28.4 Å². The van der Waals surface area contributed by atoms with Gasteiger partial charge >= 0.3 is 0 Å². The van der Waals surface area contributed by atoms with Gasteiger partial charge in [0.25, 0.3) is 0 Å². The Balaban J connectivity index is 2.13. The molecule has 0 aliphatic heterocycles. The average molecular weight is 326 g/mol. The predicted molar refractivity (Wildman–Crippen MR) is 89.6 cm³/mol. The van der Waals surface area contributed by atoms with Crippen LogP contribution in [-0.2, 0) is 11.4 Å². The standard InChI is InChI=1S/C18H18N2O4/c1-21-16-9-18(23-3)17(22-2)8-15(16)11-20-24-12-14-7-5-4-6-13(14)10-19/h4-9,11H,12H2,1-3H3/b20-11-. The summed E-state index contributed by atoms with van der Waals surface area (Å²) < 4.78 is 15.8. The van der Waals surface area contributed by atoms with E-state index in [4.69, 9.17) is 24.3 Å². The van der Waals surface area contributed by atoms with Gasteiger partial charge in [0.15, 0.2) is 11.5 Å². The van der Waals surface area contributed by atoms with Crippen molar-refractivity contribution in [3.05, 3.63) is 53.1 Å². The Kier molecular flexibility index (Phi) is 6.03. The van der Waals surface area contributed by atoms with Crippen LogP contribution in [0, 0.1) is 11.3 Å². The molecule has 2 rings (SSSR count). The Bertz CT molecular complexity index is 766. The van der Waals surface area contributed by atoms with E-state index in [1.807, 2.05) is 12.1 Å². The summed E-state index contributed by atoms with van der Waals surface area (Å²) in [5.41, 5.74) is 2.02. The number of hydrogen-bond donors (Lipinski definition) is 0. The van der Waals surface area contributed by atoms with Crippen molar-refractivity contribution in [3.8, 4) is 23.3 Å². The van der Waals surface area contributed by atoms with Gasteiger partial charge in [-0.3, -0.25) is 0 Å². The lowest BCUT2D eigenvalue weighted by Crippen LogP contribution is -1.97. The van der Waals surface area contributed by atoms with Crippen LogP contribution in [0.25, 0.3) is 0 Å². The van der Waals surface area contributed by atoms with Gasteiger partial charge in [0, 0.05) is 17.2 Å². The molecule has 0 fully saturated rings. The topological polar surface area (TPSA) is 73.1 Å². The summed E-state index contributed by atoms with van der Waals surface area (Å²) in [5, 5.41) is 13.0. The van der Waals surface area contributed by atoms with Gasteiger partial charge in [-0.25, -0.2) is 0 Å². The number of hydrogen-bond acceptors (Lipinski definition) is 6. The number of oxime groups is 1. The van der Waals surface area contributed by atoms with Gasteiger partial charge in [-0.05, 0) is 12.1 Å². The van der Waals surface area contributed by atoms with E-state index in [1.165, 1.54) is 6.21 Å². The Morgan fingerprint density at radius 2 is 1.67 bits per heavy atom. The molecule has 6 heteroatoms. The number of ether oxygens (including phenoxy) is 3. The third-order valence-corrected chi connectivity index (χ3v) is 3.36. The highest BCUT2D eigenvalue weighted by Crippen LogP contribution is 2.33. The van der Waals surface area contributed by atoms with Crippen LogP contribution in [0.3, 0.4) is 0 Å². The maximum absolute atomic E-state index is 9.04. The predicted octanol–water partition coefficient (Wildman–Crippen LogP) is 3.13. The van der Waals surface area contributed by atoms with E-state index >= 15 is 0 Å². The first-order valence-corrected chi connectivity index (χ1v) is 7.16. The molecule has 24 heavy (non-hydrogen) atoms. The summed E-state index contributed by atoms with van der Waals surface area (Å²) in [4.78, 5) is 5.29. The van der Waals surface area contributed by atoms with Gasteiger partial charge in [0.1, 0.15) is 12.4 Å². The van der Waals surface area contributed by atoms with E-state index in [9.17, 15) is 0 Å². The SMILES string of the molecule is COc1cc(OC)c(OC)cc1/C=N\OCc1ccccc1C#N. The molecule has 0 spiro atoms. The lowest BCUT2D eigenvalue weighted by molar-refractivity contribution is 0.132. The summed E-state index contributed by atoms with van der Waals surface area (Å²) >= 11 is 0. The van der Waals surface area contributed by atoms with Gasteiger partial charge < -0.3 is 19.0 Å². The molecule has 0 atom stereocenters. The molecule has 6 nitrogen and oxygen atoms in total. The van der Waals surface area contributed by atoms with Crippen LogP contribution < -0.4 is 14.2 Å². The summed E-state index contributed by atoms with van der Waals surface area (Å²) in [6, 6.07) is 12.8. The van der Waals surface area contributed by atoms with Crippen molar-refractivity contribution in [3.63, 3.8) is 0 Å². The zero-order valence-corrected chi connectivity index (χ0v) is 13.8. The number of methoxy groups -OCH3 is 3. The summed E-state index contributed by atoms with van der Waals surface area (Å²) in [5.74, 6) is 1.71. The largest absolute Gasteiger partial charge is 0.496 e. The van der Waals surface area contributed by atoms with Crippen molar-refractivity contribution in [1.82, 2.24) is 0 Å². The third kappa shape index (κ3) is 3.96. The van der Waals surface area contributed by atoms with Crippen molar-refractivity contribution in [1.29, 1.82) is 5.26 Å². The fourth-order valence-electron chi connectivity index (χ4n) is 2.11. The first kappa shape index (κ1) is 17.2. The molecule has 2 aromatic carbocycles. The third-order valence-electron chi connectivity index (χ3n) is 3.36. The molecule has 0 aromatic heterocycles. The smallest absolute Gasteiger partial charge is 0.164 e. The van der Waals surface area contributed by atoms with Crippen molar-refractivity contribution in [2.45, 2.75) is 6.61 Å². The van der Waals surface area contributed by atoms with Gasteiger partial charge in [-0.2, -0.15) is 5.26 Å². The Morgan fingerprint density at radius 1 is 1.00 bits per heavy atom. The van der Waals surface area contributed by atoms with Gasteiger partial charge in [0.05, 0.1) is 39.2 Å². The normalized spacial score (nSPS) is 10.2. The molecule has 0 aliphatic carbocycles. The molecule has 0 saturated carbocycles. The molecule has 0 amide bonds. The maximum atomic E-state index is 9.04. The van der Waals surface area contributed by atoms with Crippen LogP contribution in [0.15, 0.2) is 41.6 Å². The first-order chi connectivity index (χ1) is 11.7. The minimum Gasteiger partial charge on any atom is -0.496 e. The van der Waals surface area contributed by atoms with Crippen LogP contribution in [0.5, 0.6) is 17.2 Å². The second kappa shape index (κ2) is 8.44. The number of nitriles is 1. The average Bonchev–Trinajstić information content (AvgIpc) is 2.64. The monoisotopic (exact) mass is 326 g/mol. The summed E-state index contributed by atoms with van der Waals surface area (Å²) in [6.45, 7) is 0.204. The Morgan fingerprint density at radius 3 is 2.33 bits per heavy atom. The van der Waals surface area contributed by atoms with E-state index in [2.05, 4.69) is 11.2 Å². The molecule has 0 bridgehead atoms. The quantitative estimate of drug-likeness (QED) is 0.577. The van der Waals surface area contributed by atoms with E-state index < -0.39 is 0 Å². The number of rotatable bonds is 7. The van der Waals surface area contributed by atoms with E-state index in [1.54, 1.807) is 45.6 Å². The number of nitrogens with zero attached hydrogens (tertiary/aromatic N) is 2. The van der Waals surface area contributed by atoms with E-state index in [0.717, 1.165) is 5.56 Å². The zero-order chi connectivity index (χ0) is 17.4. The highest BCUT2D eigenvalue weighted by molar-refractivity contribution is 5.84. The van der Waals surface area contributed by atoms with Crippen molar-refractivity contribution in [2.75, 3.05) is 21.3 Å². The fourth-order valence-corrected chi connectivity index (χ4v) is 2.11. The Labute approximate surface area is 140 Å². The molecule has 0 aliphatic rings. The summed E-state index contributed by atoms with van der Waals surface area (Å²) in [7, 11) is 4.67. The fraction of sp³-hybridized carbons (Fsp3) is 0.222. The van der Waals surface area contributed by atoms with Crippen LogP contribution in [0.2, 0.25) is 0 Å². The van der Waals surface area contributed by atoms with Crippen molar-refractivity contribution in [2.24, 2.45) is 5.16 Å². The second-order valence-corrected chi connectivity index (χ2v) is 4.73. The molecule has 0 N–H and O–H groups in total. The van der Waals surface area contributed by atoms with Crippen LogP contribution in [0.1, 0.15) is 16.7 Å². The van der Waals surface area contributed by atoms with Crippen molar-refractivity contribution >= 4 is 6.21 Å². The molecule has 0 unspecified atom stereocenters. The molecule has 0 saturated heterocycles. The maximum Gasteiger partial charge on any atom is 0.164 e. The molecular weight excluding hydrogens is 308 g/mol. The summed E-state index contributed by atoms with van der Waals surface area (Å²) in [6.07, 6.45) is 1.52.